The Kier molecular flexibility index (Phi) is 3.22. The Morgan fingerprint density at radius 3 is 2.94 bits per heavy atom. The highest BCUT2D eigenvalue weighted by atomic mass is 19.1. The van der Waals surface area contributed by atoms with Crippen LogP contribution in [-0.4, -0.2) is 23.5 Å². The summed E-state index contributed by atoms with van der Waals surface area (Å²) in [6, 6.07) is 5.62. The van der Waals surface area contributed by atoms with Gasteiger partial charge in [-0.2, -0.15) is 0 Å². The first-order valence-corrected chi connectivity index (χ1v) is 5.62. The van der Waals surface area contributed by atoms with E-state index in [0.29, 0.717) is 18.4 Å². The lowest BCUT2D eigenvalue weighted by Gasteiger charge is -2.04. The van der Waals surface area contributed by atoms with Crippen LogP contribution in [0.2, 0.25) is 0 Å². The smallest absolute Gasteiger partial charge is 0.127 e. The minimum atomic E-state index is -0.701. The van der Waals surface area contributed by atoms with Gasteiger partial charge in [0.2, 0.25) is 0 Å². The van der Waals surface area contributed by atoms with E-state index < -0.39 is 6.17 Å². The molecule has 1 aliphatic rings. The molecule has 0 aromatic heterocycles. The molecule has 2 atom stereocenters. The lowest BCUT2D eigenvalue weighted by Crippen LogP contribution is -1.99. The van der Waals surface area contributed by atoms with E-state index in [2.05, 4.69) is 4.99 Å². The summed E-state index contributed by atoms with van der Waals surface area (Å²) in [5, 5.41) is 9.76. The summed E-state index contributed by atoms with van der Waals surface area (Å²) in [4.78, 5) is 4.32. The largest absolute Gasteiger partial charge is 0.507 e. The molecular weight excluding hydrogens is 205 g/mol. The van der Waals surface area contributed by atoms with Gasteiger partial charge in [-0.25, -0.2) is 4.39 Å². The number of halogens is 1. The van der Waals surface area contributed by atoms with Crippen molar-refractivity contribution in [3.63, 3.8) is 0 Å². The number of benzene rings is 1. The highest BCUT2D eigenvalue weighted by Gasteiger charge is 2.22. The Bertz CT molecular complexity index is 403. The van der Waals surface area contributed by atoms with Gasteiger partial charge in [-0.1, -0.05) is 12.1 Å². The molecule has 0 spiro atoms. The molecule has 0 saturated heterocycles. The summed E-state index contributed by atoms with van der Waals surface area (Å²) in [7, 11) is 0. The second-order valence-electron chi connectivity index (χ2n) is 4.36. The monoisotopic (exact) mass is 221 g/mol. The summed E-state index contributed by atoms with van der Waals surface area (Å²) in [5.41, 5.74) is 1.54. The van der Waals surface area contributed by atoms with Gasteiger partial charge in [0.05, 0.1) is 6.04 Å². The Morgan fingerprint density at radius 1 is 1.44 bits per heavy atom. The standard InChI is InChI=1S/C13H16FNO/c1-9-3-2-4-10(13(9)16)8-15-12-6-5-11(14)7-12/h2-4,8,11-12,16H,5-7H2,1H3. The van der Waals surface area contributed by atoms with Crippen LogP contribution < -0.4 is 0 Å². The highest BCUT2D eigenvalue weighted by molar-refractivity contribution is 5.84. The number of hydrogen-bond donors (Lipinski definition) is 1. The van der Waals surface area contributed by atoms with Crippen molar-refractivity contribution in [1.82, 2.24) is 0 Å². The maximum Gasteiger partial charge on any atom is 0.127 e. The van der Waals surface area contributed by atoms with E-state index in [4.69, 9.17) is 0 Å². The molecule has 0 bridgehead atoms. The van der Waals surface area contributed by atoms with Gasteiger partial charge in [-0.3, -0.25) is 4.99 Å². The minimum Gasteiger partial charge on any atom is -0.507 e. The summed E-state index contributed by atoms with van der Waals surface area (Å²) in [6.07, 6.45) is 2.90. The Labute approximate surface area is 94.8 Å². The molecule has 0 aliphatic heterocycles. The normalized spacial score (nSPS) is 25.4. The van der Waals surface area contributed by atoms with E-state index in [-0.39, 0.29) is 11.8 Å². The topological polar surface area (TPSA) is 32.6 Å². The third-order valence-electron chi connectivity index (χ3n) is 3.03. The number of alkyl halides is 1. The van der Waals surface area contributed by atoms with Crippen molar-refractivity contribution in [3.8, 4) is 5.75 Å². The first-order valence-electron chi connectivity index (χ1n) is 5.62. The Morgan fingerprint density at radius 2 is 2.25 bits per heavy atom. The predicted molar refractivity (Wildman–Crippen MR) is 63.0 cm³/mol. The van der Waals surface area contributed by atoms with E-state index >= 15 is 0 Å². The quantitative estimate of drug-likeness (QED) is 0.765. The number of aryl methyl sites for hydroxylation is 1. The zero-order valence-corrected chi connectivity index (χ0v) is 9.36. The van der Waals surface area contributed by atoms with Crippen molar-refractivity contribution in [2.75, 3.05) is 0 Å². The summed E-state index contributed by atoms with van der Waals surface area (Å²) >= 11 is 0. The summed E-state index contributed by atoms with van der Waals surface area (Å²) < 4.78 is 12.9. The summed E-state index contributed by atoms with van der Waals surface area (Å²) in [5.74, 6) is 0.265. The van der Waals surface area contributed by atoms with Gasteiger partial charge >= 0.3 is 0 Å². The molecule has 2 rings (SSSR count). The van der Waals surface area contributed by atoms with Crippen molar-refractivity contribution in [1.29, 1.82) is 0 Å². The number of aliphatic imine (C=N–C) groups is 1. The number of hydrogen-bond acceptors (Lipinski definition) is 2. The highest BCUT2D eigenvalue weighted by Crippen LogP contribution is 2.25. The number of nitrogens with zero attached hydrogens (tertiary/aromatic N) is 1. The van der Waals surface area contributed by atoms with Crippen LogP contribution in [0.15, 0.2) is 23.2 Å². The van der Waals surface area contributed by atoms with Crippen LogP contribution in [0, 0.1) is 6.92 Å². The average Bonchev–Trinajstić information content (AvgIpc) is 2.67. The molecule has 86 valence electrons. The van der Waals surface area contributed by atoms with E-state index in [1.807, 2.05) is 25.1 Å². The molecule has 2 nitrogen and oxygen atoms in total. The predicted octanol–water partition coefficient (Wildman–Crippen LogP) is 3.01. The van der Waals surface area contributed by atoms with Crippen LogP contribution in [-0.2, 0) is 0 Å². The Hall–Kier alpha value is -1.38. The maximum atomic E-state index is 12.9. The van der Waals surface area contributed by atoms with Crippen molar-refractivity contribution >= 4 is 6.21 Å². The fraction of sp³-hybridized carbons (Fsp3) is 0.462. The molecule has 2 unspecified atom stereocenters. The minimum absolute atomic E-state index is 0.0786. The number of phenols is 1. The number of para-hydroxylation sites is 1. The van der Waals surface area contributed by atoms with Crippen LogP contribution >= 0.6 is 0 Å². The van der Waals surface area contributed by atoms with Gasteiger partial charge in [0.15, 0.2) is 0 Å². The Balaban J connectivity index is 2.09. The van der Waals surface area contributed by atoms with Crippen LogP contribution in [0.4, 0.5) is 4.39 Å². The van der Waals surface area contributed by atoms with Gasteiger partial charge in [0.1, 0.15) is 11.9 Å². The first-order chi connectivity index (χ1) is 7.66. The molecule has 0 radical (unpaired) electrons. The lowest BCUT2D eigenvalue weighted by atomic mass is 10.1. The van der Waals surface area contributed by atoms with Gasteiger partial charge < -0.3 is 5.11 Å². The second-order valence-corrected chi connectivity index (χ2v) is 4.36. The molecule has 16 heavy (non-hydrogen) atoms. The molecule has 1 aliphatic carbocycles. The molecule has 1 saturated carbocycles. The number of rotatable bonds is 2. The fourth-order valence-corrected chi connectivity index (χ4v) is 2.01. The van der Waals surface area contributed by atoms with Crippen molar-refractivity contribution in [2.24, 2.45) is 4.99 Å². The van der Waals surface area contributed by atoms with E-state index in [1.165, 1.54) is 0 Å². The third kappa shape index (κ3) is 2.40. The zero-order chi connectivity index (χ0) is 11.5. The molecule has 1 N–H and O–H groups in total. The first kappa shape index (κ1) is 11.1. The zero-order valence-electron chi connectivity index (χ0n) is 9.36. The molecule has 0 amide bonds. The number of aromatic hydroxyl groups is 1. The van der Waals surface area contributed by atoms with Gasteiger partial charge in [0.25, 0.3) is 0 Å². The van der Waals surface area contributed by atoms with E-state index in [9.17, 15) is 9.50 Å². The average molecular weight is 221 g/mol. The SMILES string of the molecule is Cc1cccc(C=NC2CCC(F)C2)c1O. The van der Waals surface area contributed by atoms with E-state index in [0.717, 1.165) is 12.0 Å². The molecule has 1 aromatic rings. The van der Waals surface area contributed by atoms with Gasteiger partial charge in [-0.15, -0.1) is 0 Å². The second kappa shape index (κ2) is 4.64. The lowest BCUT2D eigenvalue weighted by molar-refractivity contribution is 0.339. The number of phenolic OH excluding ortho intramolecular Hbond substituents is 1. The van der Waals surface area contributed by atoms with Crippen molar-refractivity contribution in [3.05, 3.63) is 29.3 Å². The molecular formula is C13H16FNO. The van der Waals surface area contributed by atoms with Crippen LogP contribution in [0.3, 0.4) is 0 Å². The molecule has 0 heterocycles. The molecule has 1 aromatic carbocycles. The van der Waals surface area contributed by atoms with Gasteiger partial charge in [-0.05, 0) is 31.4 Å². The van der Waals surface area contributed by atoms with Crippen LogP contribution in [0.5, 0.6) is 5.75 Å². The maximum absolute atomic E-state index is 12.9. The third-order valence-corrected chi connectivity index (χ3v) is 3.03. The summed E-state index contributed by atoms with van der Waals surface area (Å²) in [6.45, 7) is 1.85. The van der Waals surface area contributed by atoms with Gasteiger partial charge in [0, 0.05) is 18.2 Å². The van der Waals surface area contributed by atoms with Crippen molar-refractivity contribution in [2.45, 2.75) is 38.4 Å². The molecule has 1 fully saturated rings. The fourth-order valence-electron chi connectivity index (χ4n) is 2.01. The molecule has 3 heteroatoms. The van der Waals surface area contributed by atoms with Crippen LogP contribution in [0.1, 0.15) is 30.4 Å². The van der Waals surface area contributed by atoms with E-state index in [1.54, 1.807) is 6.21 Å². The van der Waals surface area contributed by atoms with Crippen LogP contribution in [0.25, 0.3) is 0 Å². The van der Waals surface area contributed by atoms with Crippen molar-refractivity contribution < 1.29 is 9.50 Å².